The lowest BCUT2D eigenvalue weighted by Gasteiger charge is -2.28. The average Bonchev–Trinajstić information content (AvgIpc) is 2.98. The standard InChI is InChI=1S/C35H50O10Si/c1-35(2,39)45-29(23-28(17-11-12-19-36)44-33(37)26-14-9-8-10-15-26)18-13-16-27-22-30(41-4)24-31(43-25-40-3)32(27)34(38)42-20-21-46(5,6)7/h8-11,13-17,22,24,28-29,36,39H,12,18-21,23,25H2,1-7H3/b16-13+,17-11-/t28?,29-/m0/s1. The number of aliphatic hydroxyl groups excluding tert-OH is 1. The van der Waals surface area contributed by atoms with E-state index in [0.29, 0.717) is 29.9 Å². The van der Waals surface area contributed by atoms with Gasteiger partial charge in [0.2, 0.25) is 0 Å². The lowest BCUT2D eigenvalue weighted by atomic mass is 10.0. The summed E-state index contributed by atoms with van der Waals surface area (Å²) in [6, 6.07) is 12.8. The van der Waals surface area contributed by atoms with Crippen molar-refractivity contribution in [3.63, 3.8) is 0 Å². The first kappa shape index (κ1) is 38.7. The van der Waals surface area contributed by atoms with E-state index in [1.165, 1.54) is 28.1 Å². The number of rotatable bonds is 20. The van der Waals surface area contributed by atoms with Crippen molar-refractivity contribution < 1.29 is 48.2 Å². The first-order chi connectivity index (χ1) is 21.8. The molecule has 0 aliphatic rings. The molecule has 46 heavy (non-hydrogen) atoms. The van der Waals surface area contributed by atoms with Crippen LogP contribution in [-0.2, 0) is 18.9 Å². The Labute approximate surface area is 273 Å². The van der Waals surface area contributed by atoms with Gasteiger partial charge in [0.15, 0.2) is 12.6 Å². The molecule has 2 aromatic carbocycles. The Morgan fingerprint density at radius 2 is 1.74 bits per heavy atom. The molecular formula is C35H50O10Si. The average molecular weight is 659 g/mol. The van der Waals surface area contributed by atoms with E-state index in [2.05, 4.69) is 19.6 Å². The van der Waals surface area contributed by atoms with Gasteiger partial charge in [0.05, 0.1) is 25.4 Å². The Balaban J connectivity index is 2.39. The molecule has 1 unspecified atom stereocenters. The van der Waals surface area contributed by atoms with Crippen LogP contribution in [0.4, 0.5) is 0 Å². The first-order valence-electron chi connectivity index (χ1n) is 15.4. The summed E-state index contributed by atoms with van der Waals surface area (Å²) in [7, 11) is 1.56. The van der Waals surface area contributed by atoms with Crippen LogP contribution in [0.3, 0.4) is 0 Å². The van der Waals surface area contributed by atoms with Gasteiger partial charge >= 0.3 is 11.9 Å². The minimum absolute atomic E-state index is 0.0538. The molecule has 0 radical (unpaired) electrons. The van der Waals surface area contributed by atoms with Gasteiger partial charge in [-0.2, -0.15) is 0 Å². The number of carbonyl (C=O) groups excluding carboxylic acids is 2. The van der Waals surface area contributed by atoms with Crippen molar-refractivity contribution in [1.29, 1.82) is 0 Å². The summed E-state index contributed by atoms with van der Waals surface area (Å²) >= 11 is 0. The summed E-state index contributed by atoms with van der Waals surface area (Å²) in [5.41, 5.74) is 1.13. The number of benzene rings is 2. The van der Waals surface area contributed by atoms with E-state index >= 15 is 0 Å². The second-order valence-corrected chi connectivity index (χ2v) is 18.0. The number of esters is 2. The molecule has 11 heteroatoms. The Morgan fingerprint density at radius 1 is 1.02 bits per heavy atom. The summed E-state index contributed by atoms with van der Waals surface area (Å²) in [6.45, 7) is 9.81. The lowest BCUT2D eigenvalue weighted by molar-refractivity contribution is -0.208. The van der Waals surface area contributed by atoms with Crippen LogP contribution in [0.1, 0.15) is 59.4 Å². The normalized spacial score (nSPS) is 13.5. The fraction of sp³-hybridized carbons (Fsp3) is 0.486. The number of methoxy groups -OCH3 is 2. The van der Waals surface area contributed by atoms with Crippen molar-refractivity contribution in [1.82, 2.24) is 0 Å². The van der Waals surface area contributed by atoms with Crippen LogP contribution < -0.4 is 9.47 Å². The van der Waals surface area contributed by atoms with E-state index < -0.39 is 38.0 Å². The van der Waals surface area contributed by atoms with Crippen LogP contribution in [-0.4, -0.2) is 82.4 Å². The molecule has 0 aromatic heterocycles. The highest BCUT2D eigenvalue weighted by atomic mass is 28.3. The molecular weight excluding hydrogens is 608 g/mol. The van der Waals surface area contributed by atoms with Crippen molar-refractivity contribution in [2.24, 2.45) is 0 Å². The molecule has 10 nitrogen and oxygen atoms in total. The minimum atomic E-state index is -1.48. The Morgan fingerprint density at radius 3 is 2.35 bits per heavy atom. The number of hydrogen-bond acceptors (Lipinski definition) is 10. The Hall–Kier alpha value is -3.48. The minimum Gasteiger partial charge on any atom is -0.497 e. The van der Waals surface area contributed by atoms with Crippen molar-refractivity contribution in [2.45, 2.75) is 76.8 Å². The summed E-state index contributed by atoms with van der Waals surface area (Å²) in [6.07, 6.45) is 6.55. The van der Waals surface area contributed by atoms with Crippen LogP contribution in [0.25, 0.3) is 6.08 Å². The largest absolute Gasteiger partial charge is 0.497 e. The molecule has 2 rings (SSSR count). The first-order valence-corrected chi connectivity index (χ1v) is 19.1. The van der Waals surface area contributed by atoms with Crippen molar-refractivity contribution >= 4 is 26.1 Å². The van der Waals surface area contributed by atoms with E-state index in [4.69, 9.17) is 28.4 Å². The number of ether oxygens (including phenoxy) is 6. The maximum Gasteiger partial charge on any atom is 0.342 e. The van der Waals surface area contributed by atoms with Crippen molar-refractivity contribution in [3.8, 4) is 11.5 Å². The van der Waals surface area contributed by atoms with E-state index in [1.54, 1.807) is 60.7 Å². The lowest BCUT2D eigenvalue weighted by Crippen LogP contribution is -2.33. The van der Waals surface area contributed by atoms with E-state index in [1.807, 2.05) is 6.07 Å². The summed E-state index contributed by atoms with van der Waals surface area (Å²) < 4.78 is 33.7. The molecule has 2 N–H and O–H groups in total. The third-order valence-electron chi connectivity index (χ3n) is 6.52. The van der Waals surface area contributed by atoms with Crippen LogP contribution in [0.5, 0.6) is 11.5 Å². The second kappa shape index (κ2) is 19.2. The fourth-order valence-electron chi connectivity index (χ4n) is 4.31. The molecule has 0 bridgehead atoms. The van der Waals surface area contributed by atoms with Gasteiger partial charge < -0.3 is 38.6 Å². The smallest absolute Gasteiger partial charge is 0.342 e. The molecule has 0 heterocycles. The molecule has 0 saturated heterocycles. The SMILES string of the molecule is COCOc1cc(OC)cc(/C=C/C[C@@H](CC(/C=C\CCO)OC(=O)c2ccccc2)OC(C)(C)O)c1C(=O)OCC[Si](C)(C)C. The van der Waals surface area contributed by atoms with E-state index in [9.17, 15) is 19.8 Å². The van der Waals surface area contributed by atoms with Crippen molar-refractivity contribution in [2.75, 3.05) is 34.2 Å². The third-order valence-corrected chi connectivity index (χ3v) is 8.23. The Kier molecular flexibility index (Phi) is 16.2. The molecule has 2 aromatic rings. The zero-order valence-corrected chi connectivity index (χ0v) is 29.1. The van der Waals surface area contributed by atoms with Gasteiger partial charge in [0, 0.05) is 34.3 Å². The van der Waals surface area contributed by atoms with Gasteiger partial charge in [-0.25, -0.2) is 9.59 Å². The molecule has 0 spiro atoms. The molecule has 0 saturated carbocycles. The van der Waals surface area contributed by atoms with Gasteiger partial charge in [-0.05, 0) is 62.6 Å². The topological polar surface area (TPSA) is 130 Å². The van der Waals surface area contributed by atoms with Gasteiger partial charge in [-0.15, -0.1) is 0 Å². The van der Waals surface area contributed by atoms with E-state index in [0.717, 1.165) is 6.04 Å². The zero-order valence-electron chi connectivity index (χ0n) is 28.1. The summed E-state index contributed by atoms with van der Waals surface area (Å²) in [5, 5.41) is 19.8. The molecule has 254 valence electrons. The molecule has 0 aliphatic carbocycles. The zero-order chi connectivity index (χ0) is 34.2. The van der Waals surface area contributed by atoms with Crippen LogP contribution in [0.2, 0.25) is 25.7 Å². The number of aliphatic hydroxyl groups is 2. The number of hydrogen-bond donors (Lipinski definition) is 2. The maximum absolute atomic E-state index is 13.4. The van der Waals surface area contributed by atoms with Crippen LogP contribution in [0, 0.1) is 0 Å². The summed E-state index contributed by atoms with van der Waals surface area (Å²) in [5.74, 6) is -1.79. The molecule has 0 amide bonds. The maximum atomic E-state index is 13.4. The second-order valence-electron chi connectivity index (χ2n) is 12.4. The molecule has 0 aliphatic heterocycles. The monoisotopic (exact) mass is 658 g/mol. The van der Waals surface area contributed by atoms with Crippen LogP contribution in [0.15, 0.2) is 60.7 Å². The molecule has 2 atom stereocenters. The Bertz CT molecular complexity index is 1280. The van der Waals surface area contributed by atoms with Gasteiger partial charge in [-0.3, -0.25) is 0 Å². The highest BCUT2D eigenvalue weighted by Crippen LogP contribution is 2.32. The highest BCUT2D eigenvalue weighted by Gasteiger charge is 2.26. The van der Waals surface area contributed by atoms with Gasteiger partial charge in [-0.1, -0.05) is 56.1 Å². The predicted molar refractivity (Wildman–Crippen MR) is 180 cm³/mol. The quantitative estimate of drug-likeness (QED) is 0.0729. The van der Waals surface area contributed by atoms with Gasteiger partial charge in [0.1, 0.15) is 23.2 Å². The van der Waals surface area contributed by atoms with Crippen LogP contribution >= 0.6 is 0 Å². The van der Waals surface area contributed by atoms with Gasteiger partial charge in [0.25, 0.3) is 0 Å². The fourth-order valence-corrected chi connectivity index (χ4v) is 5.03. The van der Waals surface area contributed by atoms with Crippen molar-refractivity contribution in [3.05, 3.63) is 77.4 Å². The highest BCUT2D eigenvalue weighted by molar-refractivity contribution is 6.76. The predicted octanol–water partition coefficient (Wildman–Crippen LogP) is 6.24. The molecule has 0 fully saturated rings. The van der Waals surface area contributed by atoms with E-state index in [-0.39, 0.29) is 37.6 Å². The third kappa shape index (κ3) is 14.7. The number of carbonyl (C=O) groups is 2. The summed E-state index contributed by atoms with van der Waals surface area (Å²) in [4.78, 5) is 26.2.